The number of anilines is 1. The lowest BCUT2D eigenvalue weighted by Gasteiger charge is -2.10. The zero-order chi connectivity index (χ0) is 16.2. The van der Waals surface area contributed by atoms with Crippen LogP contribution < -0.4 is 5.73 Å². The maximum Gasteiger partial charge on any atom is 0.142 e. The molecule has 23 heavy (non-hydrogen) atoms. The zero-order valence-corrected chi connectivity index (χ0v) is 12.8. The predicted molar refractivity (Wildman–Crippen MR) is 91.4 cm³/mol. The van der Waals surface area contributed by atoms with E-state index in [1.54, 1.807) is 12.4 Å². The highest BCUT2D eigenvalue weighted by atomic mass is 14.8. The Hall–Kier alpha value is -3.19. The van der Waals surface area contributed by atoms with E-state index in [0.717, 1.165) is 28.8 Å². The van der Waals surface area contributed by atoms with Crippen LogP contribution in [0.4, 0.5) is 5.82 Å². The van der Waals surface area contributed by atoms with Gasteiger partial charge < -0.3 is 5.73 Å². The van der Waals surface area contributed by atoms with Gasteiger partial charge in [-0.2, -0.15) is 5.26 Å². The molecule has 0 fully saturated rings. The lowest BCUT2D eigenvalue weighted by atomic mass is 9.99. The molecule has 0 bridgehead atoms. The summed E-state index contributed by atoms with van der Waals surface area (Å²) in [5.74, 6) is 0.247. The van der Waals surface area contributed by atoms with Crippen molar-refractivity contribution in [2.75, 3.05) is 5.73 Å². The van der Waals surface area contributed by atoms with Crippen molar-refractivity contribution in [3.8, 4) is 28.5 Å². The Bertz CT molecular complexity index is 862. The van der Waals surface area contributed by atoms with Crippen molar-refractivity contribution in [1.82, 2.24) is 9.97 Å². The normalized spacial score (nSPS) is 10.3. The molecule has 0 amide bonds. The molecule has 4 nitrogen and oxygen atoms in total. The van der Waals surface area contributed by atoms with Crippen molar-refractivity contribution >= 4 is 5.82 Å². The SMILES string of the molecule is CCc1ccc(-c2cc(-c3ccncc3)c(C#N)c(N)n2)cc1. The van der Waals surface area contributed by atoms with Crippen LogP contribution in [0.3, 0.4) is 0 Å². The van der Waals surface area contributed by atoms with Gasteiger partial charge >= 0.3 is 0 Å². The molecule has 3 rings (SSSR count). The number of aryl methyl sites for hydroxylation is 1. The minimum Gasteiger partial charge on any atom is -0.383 e. The van der Waals surface area contributed by atoms with Gasteiger partial charge in [0.1, 0.15) is 17.5 Å². The highest BCUT2D eigenvalue weighted by Crippen LogP contribution is 2.30. The zero-order valence-electron chi connectivity index (χ0n) is 12.8. The van der Waals surface area contributed by atoms with E-state index >= 15 is 0 Å². The van der Waals surface area contributed by atoms with E-state index in [0.29, 0.717) is 5.56 Å². The lowest BCUT2D eigenvalue weighted by molar-refractivity contribution is 1.14. The van der Waals surface area contributed by atoms with Gasteiger partial charge in [-0.3, -0.25) is 4.98 Å². The van der Waals surface area contributed by atoms with Crippen molar-refractivity contribution in [3.63, 3.8) is 0 Å². The molecular formula is C19H16N4. The molecule has 1 aromatic carbocycles. The molecule has 2 heterocycles. The summed E-state index contributed by atoms with van der Waals surface area (Å²) in [4.78, 5) is 8.41. The maximum atomic E-state index is 9.40. The number of benzene rings is 1. The molecule has 3 aromatic rings. The van der Waals surface area contributed by atoms with Crippen molar-refractivity contribution < 1.29 is 0 Å². The third-order valence-corrected chi connectivity index (χ3v) is 3.81. The van der Waals surface area contributed by atoms with Crippen LogP contribution in [0.1, 0.15) is 18.1 Å². The molecule has 4 heteroatoms. The average molecular weight is 300 g/mol. The summed E-state index contributed by atoms with van der Waals surface area (Å²) < 4.78 is 0. The van der Waals surface area contributed by atoms with Crippen LogP contribution in [0.5, 0.6) is 0 Å². The van der Waals surface area contributed by atoms with Gasteiger partial charge in [0.05, 0.1) is 5.69 Å². The fourth-order valence-corrected chi connectivity index (χ4v) is 2.50. The molecule has 0 radical (unpaired) electrons. The van der Waals surface area contributed by atoms with Crippen LogP contribution in [-0.2, 0) is 6.42 Å². The molecule has 0 atom stereocenters. The molecule has 0 saturated heterocycles. The molecular weight excluding hydrogens is 284 g/mol. The number of nitrogen functional groups attached to an aromatic ring is 1. The van der Waals surface area contributed by atoms with Crippen LogP contribution in [0.2, 0.25) is 0 Å². The van der Waals surface area contributed by atoms with Gasteiger partial charge in [0.2, 0.25) is 0 Å². The fourth-order valence-electron chi connectivity index (χ4n) is 2.50. The number of nitrogens with zero attached hydrogens (tertiary/aromatic N) is 3. The molecule has 0 aliphatic rings. The van der Waals surface area contributed by atoms with E-state index in [1.165, 1.54) is 5.56 Å². The Balaban J connectivity index is 2.16. The standard InChI is InChI=1S/C19H16N4/c1-2-13-3-5-15(6-4-13)18-11-16(14-7-9-22-10-8-14)17(12-20)19(21)23-18/h3-11H,2H2,1H3,(H2,21,23). The number of pyridine rings is 2. The van der Waals surface area contributed by atoms with Crippen molar-refractivity contribution in [3.05, 3.63) is 66.0 Å². The maximum absolute atomic E-state index is 9.40. The number of aromatic nitrogens is 2. The largest absolute Gasteiger partial charge is 0.383 e. The van der Waals surface area contributed by atoms with Gasteiger partial charge in [-0.1, -0.05) is 31.2 Å². The first-order chi connectivity index (χ1) is 11.2. The van der Waals surface area contributed by atoms with Gasteiger partial charge in [0.15, 0.2) is 0 Å². The van der Waals surface area contributed by atoms with Gasteiger partial charge in [0.25, 0.3) is 0 Å². The number of rotatable bonds is 3. The summed E-state index contributed by atoms with van der Waals surface area (Å²) in [6, 6.07) is 16.0. The first-order valence-corrected chi connectivity index (χ1v) is 7.43. The monoisotopic (exact) mass is 300 g/mol. The van der Waals surface area contributed by atoms with Crippen molar-refractivity contribution in [2.24, 2.45) is 0 Å². The highest BCUT2D eigenvalue weighted by molar-refractivity contribution is 5.79. The highest BCUT2D eigenvalue weighted by Gasteiger charge is 2.13. The second-order valence-electron chi connectivity index (χ2n) is 5.21. The third-order valence-electron chi connectivity index (χ3n) is 3.81. The van der Waals surface area contributed by atoms with Crippen LogP contribution in [0, 0.1) is 11.3 Å². The van der Waals surface area contributed by atoms with Crippen LogP contribution in [0.15, 0.2) is 54.9 Å². The van der Waals surface area contributed by atoms with Gasteiger partial charge in [0, 0.05) is 23.5 Å². The van der Waals surface area contributed by atoms with E-state index < -0.39 is 0 Å². The molecule has 0 unspecified atom stereocenters. The number of hydrogen-bond acceptors (Lipinski definition) is 4. The Morgan fingerprint density at radius 1 is 1.04 bits per heavy atom. The summed E-state index contributed by atoms with van der Waals surface area (Å²) in [5.41, 5.74) is 11.1. The Kier molecular flexibility index (Phi) is 4.03. The molecule has 2 N–H and O–H groups in total. The number of nitrogens with two attached hydrogens (primary N) is 1. The quantitative estimate of drug-likeness (QED) is 0.797. The van der Waals surface area contributed by atoms with E-state index in [-0.39, 0.29) is 5.82 Å². The first-order valence-electron chi connectivity index (χ1n) is 7.43. The van der Waals surface area contributed by atoms with E-state index in [1.807, 2.05) is 30.3 Å². The number of hydrogen-bond donors (Lipinski definition) is 1. The lowest BCUT2D eigenvalue weighted by Crippen LogP contribution is -1.99. The average Bonchev–Trinajstić information content (AvgIpc) is 2.62. The van der Waals surface area contributed by atoms with Gasteiger partial charge in [-0.05, 0) is 35.7 Å². The second-order valence-corrected chi connectivity index (χ2v) is 5.21. The van der Waals surface area contributed by atoms with E-state index in [2.05, 4.69) is 35.1 Å². The van der Waals surface area contributed by atoms with E-state index in [4.69, 9.17) is 5.73 Å². The summed E-state index contributed by atoms with van der Waals surface area (Å²) in [6.07, 6.45) is 4.39. The number of nitriles is 1. The second kappa shape index (κ2) is 6.29. The Labute approximate surface area is 135 Å². The smallest absolute Gasteiger partial charge is 0.142 e. The van der Waals surface area contributed by atoms with Crippen LogP contribution >= 0.6 is 0 Å². The Morgan fingerprint density at radius 2 is 1.74 bits per heavy atom. The molecule has 0 saturated carbocycles. The Morgan fingerprint density at radius 3 is 2.35 bits per heavy atom. The molecule has 0 spiro atoms. The van der Waals surface area contributed by atoms with Crippen LogP contribution in [0.25, 0.3) is 22.4 Å². The minimum atomic E-state index is 0.247. The topological polar surface area (TPSA) is 75.6 Å². The fraction of sp³-hybridized carbons (Fsp3) is 0.105. The summed E-state index contributed by atoms with van der Waals surface area (Å²) in [5, 5.41) is 9.40. The van der Waals surface area contributed by atoms with Crippen LogP contribution in [-0.4, -0.2) is 9.97 Å². The third kappa shape index (κ3) is 2.90. The molecule has 0 aliphatic carbocycles. The molecule has 0 aliphatic heterocycles. The molecule has 2 aromatic heterocycles. The van der Waals surface area contributed by atoms with Gasteiger partial charge in [-0.15, -0.1) is 0 Å². The minimum absolute atomic E-state index is 0.247. The summed E-state index contributed by atoms with van der Waals surface area (Å²) in [7, 11) is 0. The molecule has 112 valence electrons. The van der Waals surface area contributed by atoms with Crippen molar-refractivity contribution in [2.45, 2.75) is 13.3 Å². The van der Waals surface area contributed by atoms with E-state index in [9.17, 15) is 5.26 Å². The van der Waals surface area contributed by atoms with Gasteiger partial charge in [-0.25, -0.2) is 4.98 Å². The van der Waals surface area contributed by atoms with Crippen molar-refractivity contribution in [1.29, 1.82) is 5.26 Å². The predicted octanol–water partition coefficient (Wildman–Crippen LogP) is 3.83. The summed E-state index contributed by atoms with van der Waals surface area (Å²) in [6.45, 7) is 2.12. The first kappa shape index (κ1) is 14.7. The summed E-state index contributed by atoms with van der Waals surface area (Å²) >= 11 is 0.